The number of urea groups is 1. The molecule has 2 amide bonds. The number of nitrogens with one attached hydrogen (secondary N) is 1. The highest BCUT2D eigenvalue weighted by Crippen LogP contribution is 2.34. The van der Waals surface area contributed by atoms with Gasteiger partial charge in [-0.1, -0.05) is 26.0 Å². The molecule has 9 heteroatoms. The van der Waals surface area contributed by atoms with Gasteiger partial charge in [-0.3, -0.25) is 4.90 Å². The molecular formula is C20H26F3N5O. The molecule has 2 aromatic rings. The number of carbonyl (C=O) groups excluding carboxylic acids is 1. The zero-order chi connectivity index (χ0) is 21.0. The standard InChI is InChI=1S/C20H26F3N5O/c1-15(2)18-24-7-8-27(18)12-9-26-10-13-28(14-11-26)19(29)25-17-6-4-3-5-16(17)20(21,22)23/h3-8,15H,9-14H2,1-2H3,(H,25,29). The number of carbonyl (C=O) groups is 1. The first kappa shape index (κ1) is 21.2. The highest BCUT2D eigenvalue weighted by atomic mass is 19.4. The van der Waals surface area contributed by atoms with Crippen molar-refractivity contribution in [2.24, 2.45) is 0 Å². The molecule has 1 aromatic carbocycles. The lowest BCUT2D eigenvalue weighted by Gasteiger charge is -2.35. The third kappa shape index (κ3) is 5.29. The van der Waals surface area contributed by atoms with Gasteiger partial charge in [0.2, 0.25) is 0 Å². The van der Waals surface area contributed by atoms with Gasteiger partial charge < -0.3 is 14.8 Å². The number of piperazine rings is 1. The molecular weight excluding hydrogens is 383 g/mol. The SMILES string of the molecule is CC(C)c1nccn1CCN1CCN(C(=O)Nc2ccccc2C(F)(F)F)CC1. The summed E-state index contributed by atoms with van der Waals surface area (Å²) < 4.78 is 41.4. The fraction of sp³-hybridized carbons (Fsp3) is 0.500. The highest BCUT2D eigenvalue weighted by Gasteiger charge is 2.34. The van der Waals surface area contributed by atoms with Crippen molar-refractivity contribution >= 4 is 11.7 Å². The number of benzene rings is 1. The van der Waals surface area contributed by atoms with E-state index in [0.29, 0.717) is 32.1 Å². The first-order valence-electron chi connectivity index (χ1n) is 9.71. The maximum atomic E-state index is 13.1. The van der Waals surface area contributed by atoms with Gasteiger partial charge >= 0.3 is 12.2 Å². The van der Waals surface area contributed by atoms with E-state index in [1.165, 1.54) is 18.2 Å². The number of rotatable bonds is 5. The molecule has 1 aromatic heterocycles. The fourth-order valence-corrected chi connectivity index (χ4v) is 3.47. The van der Waals surface area contributed by atoms with Gasteiger partial charge in [0.15, 0.2) is 0 Å². The third-order valence-electron chi connectivity index (χ3n) is 5.05. The molecule has 1 N–H and O–H groups in total. The van der Waals surface area contributed by atoms with E-state index in [2.05, 4.69) is 33.6 Å². The van der Waals surface area contributed by atoms with E-state index in [9.17, 15) is 18.0 Å². The van der Waals surface area contributed by atoms with Crippen LogP contribution in [0.3, 0.4) is 0 Å². The van der Waals surface area contributed by atoms with Gasteiger partial charge in [0.25, 0.3) is 0 Å². The molecule has 1 fully saturated rings. The summed E-state index contributed by atoms with van der Waals surface area (Å²) in [6, 6.07) is 4.52. The molecule has 3 rings (SSSR count). The zero-order valence-electron chi connectivity index (χ0n) is 16.6. The summed E-state index contributed by atoms with van der Waals surface area (Å²) in [6.07, 6.45) is -0.738. The van der Waals surface area contributed by atoms with E-state index < -0.39 is 17.8 Å². The van der Waals surface area contributed by atoms with Crippen LogP contribution in [0.15, 0.2) is 36.7 Å². The number of anilines is 1. The Kier molecular flexibility index (Phi) is 6.46. The lowest BCUT2D eigenvalue weighted by Crippen LogP contribution is -2.50. The van der Waals surface area contributed by atoms with Crippen LogP contribution in [0, 0.1) is 0 Å². The van der Waals surface area contributed by atoms with Gasteiger partial charge in [-0.15, -0.1) is 0 Å². The number of imidazole rings is 1. The van der Waals surface area contributed by atoms with E-state index in [-0.39, 0.29) is 5.69 Å². The minimum absolute atomic E-state index is 0.214. The summed E-state index contributed by atoms with van der Waals surface area (Å²) in [4.78, 5) is 20.6. The topological polar surface area (TPSA) is 53.4 Å². The molecule has 158 valence electrons. The van der Waals surface area contributed by atoms with Crippen LogP contribution in [0.5, 0.6) is 0 Å². The Hall–Kier alpha value is -2.55. The molecule has 1 saturated heterocycles. The second-order valence-corrected chi connectivity index (χ2v) is 7.44. The predicted octanol–water partition coefficient (Wildman–Crippen LogP) is 3.88. The smallest absolute Gasteiger partial charge is 0.333 e. The Bertz CT molecular complexity index is 826. The second kappa shape index (κ2) is 8.86. The van der Waals surface area contributed by atoms with Crippen LogP contribution < -0.4 is 5.32 Å². The first-order valence-corrected chi connectivity index (χ1v) is 9.71. The predicted molar refractivity (Wildman–Crippen MR) is 105 cm³/mol. The van der Waals surface area contributed by atoms with E-state index >= 15 is 0 Å². The fourth-order valence-electron chi connectivity index (χ4n) is 3.47. The summed E-state index contributed by atoms with van der Waals surface area (Å²) in [7, 11) is 0. The summed E-state index contributed by atoms with van der Waals surface area (Å²) in [6.45, 7) is 8.17. The molecule has 6 nitrogen and oxygen atoms in total. The number of aromatic nitrogens is 2. The van der Waals surface area contributed by atoms with Crippen molar-refractivity contribution in [1.29, 1.82) is 0 Å². The van der Waals surface area contributed by atoms with Crippen LogP contribution in [0.4, 0.5) is 23.7 Å². The van der Waals surface area contributed by atoms with Gasteiger partial charge in [-0.05, 0) is 12.1 Å². The molecule has 0 radical (unpaired) electrons. The third-order valence-corrected chi connectivity index (χ3v) is 5.05. The molecule has 0 spiro atoms. The summed E-state index contributed by atoms with van der Waals surface area (Å²) in [5.74, 6) is 1.40. The number of para-hydroxylation sites is 1. The van der Waals surface area contributed by atoms with E-state index in [1.54, 1.807) is 11.1 Å². The monoisotopic (exact) mass is 409 g/mol. The first-order chi connectivity index (χ1) is 13.8. The number of hydrogen-bond donors (Lipinski definition) is 1. The maximum absolute atomic E-state index is 13.1. The molecule has 2 heterocycles. The molecule has 1 aliphatic heterocycles. The molecule has 0 saturated carbocycles. The van der Waals surface area contributed by atoms with Crippen molar-refractivity contribution in [2.75, 3.05) is 38.0 Å². The molecule has 0 aliphatic carbocycles. The number of nitrogens with zero attached hydrogens (tertiary/aromatic N) is 4. The molecule has 1 aliphatic rings. The molecule has 0 bridgehead atoms. The van der Waals surface area contributed by atoms with Crippen molar-refractivity contribution in [3.63, 3.8) is 0 Å². The van der Waals surface area contributed by atoms with Crippen LogP contribution in [0.1, 0.15) is 31.2 Å². The minimum atomic E-state index is -4.51. The molecule has 0 unspecified atom stereocenters. The van der Waals surface area contributed by atoms with Crippen molar-refractivity contribution in [1.82, 2.24) is 19.4 Å². The molecule has 0 atom stereocenters. The van der Waals surface area contributed by atoms with Crippen molar-refractivity contribution in [3.8, 4) is 0 Å². The number of halogens is 3. The minimum Gasteiger partial charge on any atom is -0.333 e. The quantitative estimate of drug-likeness (QED) is 0.816. The van der Waals surface area contributed by atoms with Crippen LogP contribution >= 0.6 is 0 Å². The van der Waals surface area contributed by atoms with Crippen LogP contribution in [-0.2, 0) is 12.7 Å². The van der Waals surface area contributed by atoms with Gasteiger partial charge in [-0.25, -0.2) is 9.78 Å². The van der Waals surface area contributed by atoms with Gasteiger partial charge in [0.1, 0.15) is 5.82 Å². The average molecular weight is 409 g/mol. The van der Waals surface area contributed by atoms with Gasteiger partial charge in [0, 0.05) is 57.6 Å². The van der Waals surface area contributed by atoms with Crippen molar-refractivity contribution in [2.45, 2.75) is 32.5 Å². The van der Waals surface area contributed by atoms with Crippen LogP contribution in [0.2, 0.25) is 0 Å². The van der Waals surface area contributed by atoms with Crippen LogP contribution in [-0.4, -0.2) is 58.1 Å². The lowest BCUT2D eigenvalue weighted by atomic mass is 10.1. The van der Waals surface area contributed by atoms with Crippen molar-refractivity contribution in [3.05, 3.63) is 48.0 Å². The highest BCUT2D eigenvalue weighted by molar-refractivity contribution is 5.90. The largest absolute Gasteiger partial charge is 0.418 e. The van der Waals surface area contributed by atoms with Crippen LogP contribution in [0.25, 0.3) is 0 Å². The second-order valence-electron chi connectivity index (χ2n) is 7.44. The maximum Gasteiger partial charge on any atom is 0.418 e. The Morgan fingerprint density at radius 2 is 1.83 bits per heavy atom. The van der Waals surface area contributed by atoms with Crippen molar-refractivity contribution < 1.29 is 18.0 Å². The van der Waals surface area contributed by atoms with E-state index in [0.717, 1.165) is 25.0 Å². The Morgan fingerprint density at radius 3 is 2.48 bits per heavy atom. The Labute approximate surface area is 168 Å². The zero-order valence-corrected chi connectivity index (χ0v) is 16.6. The van der Waals surface area contributed by atoms with Gasteiger partial charge in [-0.2, -0.15) is 13.2 Å². The number of alkyl halides is 3. The summed E-state index contributed by atoms with van der Waals surface area (Å²) >= 11 is 0. The Morgan fingerprint density at radius 1 is 1.14 bits per heavy atom. The van der Waals surface area contributed by atoms with E-state index in [1.807, 2.05) is 6.20 Å². The lowest BCUT2D eigenvalue weighted by molar-refractivity contribution is -0.136. The molecule has 29 heavy (non-hydrogen) atoms. The average Bonchev–Trinajstić information content (AvgIpc) is 3.15. The normalized spacial score (nSPS) is 15.7. The summed E-state index contributed by atoms with van der Waals surface area (Å²) in [5, 5.41) is 2.41. The van der Waals surface area contributed by atoms with Gasteiger partial charge in [0.05, 0.1) is 11.3 Å². The summed E-state index contributed by atoms with van der Waals surface area (Å²) in [5.41, 5.74) is -1.05. The Balaban J connectivity index is 1.51. The number of amides is 2. The number of hydrogen-bond acceptors (Lipinski definition) is 3. The van der Waals surface area contributed by atoms with E-state index in [4.69, 9.17) is 0 Å².